The first-order chi connectivity index (χ1) is 11.4. The van der Waals surface area contributed by atoms with Crippen LogP contribution in [0.2, 0.25) is 18.1 Å². The minimum absolute atomic E-state index is 0.00920. The molecule has 0 radical (unpaired) electrons. The maximum atomic E-state index is 6.55. The minimum atomic E-state index is -1.89. The van der Waals surface area contributed by atoms with Gasteiger partial charge in [-0.05, 0) is 32.0 Å². The molecule has 0 saturated carbocycles. The molecule has 0 aromatic heterocycles. The Balaban J connectivity index is 1.66. The summed E-state index contributed by atoms with van der Waals surface area (Å²) in [5, 5.41) is 0.152. The quantitative estimate of drug-likeness (QED) is 0.688. The van der Waals surface area contributed by atoms with Crippen LogP contribution in [0.15, 0.2) is 12.3 Å². The Hall–Kier alpha value is -0.403. The van der Waals surface area contributed by atoms with E-state index in [2.05, 4.69) is 40.4 Å². The van der Waals surface area contributed by atoms with Crippen LogP contribution < -0.4 is 0 Å². The molecule has 0 aliphatic carbocycles. The van der Waals surface area contributed by atoms with E-state index in [4.69, 9.17) is 23.4 Å². The van der Waals surface area contributed by atoms with Crippen molar-refractivity contribution in [3.63, 3.8) is 0 Å². The Morgan fingerprint density at radius 2 is 1.76 bits per heavy atom. The van der Waals surface area contributed by atoms with Gasteiger partial charge in [0.05, 0.1) is 18.8 Å². The van der Waals surface area contributed by atoms with Gasteiger partial charge < -0.3 is 23.4 Å². The first-order valence-electron chi connectivity index (χ1n) is 9.38. The standard InChI is InChI=1S/C19H34O5Si/c1-12-13(24-25(7,8)18(2,3)4)9-15-14(21-12)10-16-17(22-15)11-20-19(5,6)23-16/h13-17H,1,9-11H2,2-8H3/t13-,14-,15+,16+,17-/m1/s1. The molecule has 0 aromatic carbocycles. The Kier molecular flexibility index (Phi) is 4.91. The second-order valence-electron chi connectivity index (χ2n) is 9.54. The molecule has 0 spiro atoms. The van der Waals surface area contributed by atoms with Crippen LogP contribution in [-0.4, -0.2) is 51.2 Å². The van der Waals surface area contributed by atoms with E-state index in [0.29, 0.717) is 6.61 Å². The predicted molar refractivity (Wildman–Crippen MR) is 98.9 cm³/mol. The van der Waals surface area contributed by atoms with E-state index < -0.39 is 14.1 Å². The van der Waals surface area contributed by atoms with Gasteiger partial charge in [0.25, 0.3) is 0 Å². The molecule has 5 atom stereocenters. The van der Waals surface area contributed by atoms with E-state index in [1.165, 1.54) is 0 Å². The molecule has 6 heteroatoms. The highest BCUT2D eigenvalue weighted by Gasteiger charge is 2.50. The SMILES string of the molecule is C=C1O[C@@H]2C[C@@H]3OC(C)(C)OC[C@H]3O[C@H]2C[C@H]1O[Si](C)(C)C(C)(C)C. The molecule has 25 heavy (non-hydrogen) atoms. The summed E-state index contributed by atoms with van der Waals surface area (Å²) in [5.74, 6) is 0.177. The molecule has 3 fully saturated rings. The zero-order valence-corrected chi connectivity index (χ0v) is 17.8. The summed E-state index contributed by atoms with van der Waals surface area (Å²) in [7, 11) is -1.89. The van der Waals surface area contributed by atoms with Crippen molar-refractivity contribution < 1.29 is 23.4 Å². The molecule has 0 N–H and O–H groups in total. The van der Waals surface area contributed by atoms with Crippen molar-refractivity contribution >= 4 is 8.32 Å². The molecule has 0 bridgehead atoms. The van der Waals surface area contributed by atoms with Crippen LogP contribution in [-0.2, 0) is 23.4 Å². The first kappa shape index (κ1) is 19.4. The van der Waals surface area contributed by atoms with Crippen LogP contribution in [0.5, 0.6) is 0 Å². The molecule has 3 rings (SSSR count). The lowest BCUT2D eigenvalue weighted by atomic mass is 9.91. The van der Waals surface area contributed by atoms with Crippen LogP contribution in [0.4, 0.5) is 0 Å². The topological polar surface area (TPSA) is 46.2 Å². The van der Waals surface area contributed by atoms with E-state index in [1.54, 1.807) is 0 Å². The van der Waals surface area contributed by atoms with Crippen molar-refractivity contribution in [1.82, 2.24) is 0 Å². The van der Waals surface area contributed by atoms with Gasteiger partial charge in [-0.2, -0.15) is 0 Å². The molecule has 0 amide bonds. The van der Waals surface area contributed by atoms with Crippen molar-refractivity contribution in [1.29, 1.82) is 0 Å². The highest BCUT2D eigenvalue weighted by atomic mass is 28.4. The van der Waals surface area contributed by atoms with Crippen LogP contribution in [0.1, 0.15) is 47.5 Å². The van der Waals surface area contributed by atoms with Gasteiger partial charge in [0, 0.05) is 12.8 Å². The van der Waals surface area contributed by atoms with Gasteiger partial charge in [0.15, 0.2) is 14.1 Å². The number of hydrogen-bond donors (Lipinski definition) is 0. The van der Waals surface area contributed by atoms with Gasteiger partial charge in [-0.25, -0.2) is 0 Å². The first-order valence-corrected chi connectivity index (χ1v) is 12.3. The Morgan fingerprint density at radius 1 is 1.08 bits per heavy atom. The third kappa shape index (κ3) is 3.98. The van der Waals surface area contributed by atoms with E-state index in [1.807, 2.05) is 13.8 Å². The van der Waals surface area contributed by atoms with Crippen LogP contribution in [0.3, 0.4) is 0 Å². The average molecular weight is 371 g/mol. The molecule has 144 valence electrons. The monoisotopic (exact) mass is 370 g/mol. The maximum absolute atomic E-state index is 6.55. The molecule has 3 aliphatic heterocycles. The Bertz CT molecular complexity index is 524. The average Bonchev–Trinajstić information content (AvgIpc) is 2.44. The van der Waals surface area contributed by atoms with Gasteiger partial charge in [-0.1, -0.05) is 27.4 Å². The lowest BCUT2D eigenvalue weighted by Crippen LogP contribution is -2.60. The van der Waals surface area contributed by atoms with Gasteiger partial charge >= 0.3 is 0 Å². The summed E-state index contributed by atoms with van der Waals surface area (Å²) in [4.78, 5) is 0. The van der Waals surface area contributed by atoms with Crippen molar-refractivity contribution in [2.45, 2.75) is 102 Å². The van der Waals surface area contributed by atoms with Crippen LogP contribution >= 0.6 is 0 Å². The summed E-state index contributed by atoms with van der Waals surface area (Å²) in [6, 6.07) is 0. The number of rotatable bonds is 2. The Morgan fingerprint density at radius 3 is 2.40 bits per heavy atom. The minimum Gasteiger partial charge on any atom is -0.490 e. The summed E-state index contributed by atoms with van der Waals surface area (Å²) in [6.07, 6.45) is 1.49. The summed E-state index contributed by atoms with van der Waals surface area (Å²) < 4.78 is 30.8. The number of fused-ring (bicyclic) bond motifs is 2. The van der Waals surface area contributed by atoms with E-state index >= 15 is 0 Å². The molecular formula is C19H34O5Si. The number of ether oxygens (including phenoxy) is 4. The summed E-state index contributed by atoms with van der Waals surface area (Å²) >= 11 is 0. The zero-order chi connectivity index (χ0) is 18.6. The molecule has 0 aromatic rings. The largest absolute Gasteiger partial charge is 0.490 e. The van der Waals surface area contributed by atoms with Crippen molar-refractivity contribution in [3.8, 4) is 0 Å². The fraction of sp³-hybridized carbons (Fsp3) is 0.895. The fourth-order valence-corrected chi connectivity index (χ4v) is 4.77. The third-order valence-electron chi connectivity index (χ3n) is 6.03. The molecule has 5 nitrogen and oxygen atoms in total. The molecule has 3 saturated heterocycles. The molecule has 3 heterocycles. The summed E-state index contributed by atoms with van der Waals surface area (Å²) in [5.41, 5.74) is 0. The van der Waals surface area contributed by atoms with Gasteiger partial charge in [-0.3, -0.25) is 0 Å². The second-order valence-corrected chi connectivity index (χ2v) is 14.3. The summed E-state index contributed by atoms with van der Waals surface area (Å²) in [6.45, 7) is 19.8. The normalized spacial score (nSPS) is 38.5. The zero-order valence-electron chi connectivity index (χ0n) is 16.8. The molecule has 3 aliphatic rings. The van der Waals surface area contributed by atoms with Gasteiger partial charge in [0.1, 0.15) is 24.1 Å². The van der Waals surface area contributed by atoms with Crippen LogP contribution in [0, 0.1) is 0 Å². The van der Waals surface area contributed by atoms with Gasteiger partial charge in [0.2, 0.25) is 0 Å². The maximum Gasteiger partial charge on any atom is 0.193 e. The third-order valence-corrected chi connectivity index (χ3v) is 10.5. The lowest BCUT2D eigenvalue weighted by molar-refractivity contribution is -0.341. The van der Waals surface area contributed by atoms with Crippen molar-refractivity contribution in [2.24, 2.45) is 0 Å². The smallest absolute Gasteiger partial charge is 0.193 e. The highest BCUT2D eigenvalue weighted by Crippen LogP contribution is 2.42. The van der Waals surface area contributed by atoms with Crippen LogP contribution in [0.25, 0.3) is 0 Å². The fourth-order valence-electron chi connectivity index (χ4n) is 3.47. The Labute approximate surface area is 153 Å². The van der Waals surface area contributed by atoms with E-state index in [0.717, 1.165) is 18.6 Å². The van der Waals surface area contributed by atoms with Gasteiger partial charge in [-0.15, -0.1) is 0 Å². The molecule has 0 unspecified atom stereocenters. The van der Waals surface area contributed by atoms with E-state index in [9.17, 15) is 0 Å². The number of hydrogen-bond acceptors (Lipinski definition) is 5. The highest BCUT2D eigenvalue weighted by molar-refractivity contribution is 6.74. The molecular weight excluding hydrogens is 336 g/mol. The predicted octanol–water partition coefficient (Wildman–Crippen LogP) is 3.99. The van der Waals surface area contributed by atoms with E-state index in [-0.39, 0.29) is 35.6 Å². The lowest BCUT2D eigenvalue weighted by Gasteiger charge is -2.51. The van der Waals surface area contributed by atoms with Crippen molar-refractivity contribution in [2.75, 3.05) is 6.61 Å². The second kappa shape index (κ2) is 6.34. The van der Waals surface area contributed by atoms with Crippen molar-refractivity contribution in [3.05, 3.63) is 12.3 Å².